The number of benzene rings is 2. The van der Waals surface area contributed by atoms with Crippen LogP contribution in [0.2, 0.25) is 0 Å². The van der Waals surface area contributed by atoms with Crippen LogP contribution in [0.4, 0.5) is 8.78 Å². The summed E-state index contributed by atoms with van der Waals surface area (Å²) < 4.78 is 39.5. The maximum Gasteiger partial charge on any atom is 0.254 e. The Balaban J connectivity index is 0.773. The van der Waals surface area contributed by atoms with E-state index in [9.17, 15) is 28.6 Å². The number of nitrogens with zero attached hydrogens (tertiary/aromatic N) is 5. The van der Waals surface area contributed by atoms with Crippen LogP contribution in [0.5, 0.6) is 11.6 Å². The molecule has 1 amide bonds. The molecule has 2 saturated carbocycles. The molecule has 9 rings (SSSR count). The van der Waals surface area contributed by atoms with Gasteiger partial charge in [0.25, 0.3) is 5.88 Å². The van der Waals surface area contributed by atoms with Crippen molar-refractivity contribution < 1.29 is 37.8 Å². The zero-order chi connectivity index (χ0) is 42.7. The molecule has 3 aliphatic rings. The molecule has 318 valence electrons. The molecule has 1 aliphatic heterocycles. The Morgan fingerprint density at radius 1 is 1.03 bits per heavy atom. The maximum atomic E-state index is 14.2. The summed E-state index contributed by atoms with van der Waals surface area (Å²) >= 11 is 1.59. The van der Waals surface area contributed by atoms with Gasteiger partial charge in [0.15, 0.2) is 23.0 Å². The number of carbonyl (C=O) groups is 2. The van der Waals surface area contributed by atoms with Crippen molar-refractivity contribution in [1.82, 2.24) is 35.5 Å². The maximum absolute atomic E-state index is 14.2. The van der Waals surface area contributed by atoms with Crippen LogP contribution in [0.15, 0.2) is 64.6 Å². The van der Waals surface area contributed by atoms with E-state index < -0.39 is 41.2 Å². The van der Waals surface area contributed by atoms with Crippen molar-refractivity contribution in [3.05, 3.63) is 94.5 Å². The van der Waals surface area contributed by atoms with Gasteiger partial charge in [-0.05, 0) is 78.9 Å². The lowest BCUT2D eigenvalue weighted by Gasteiger charge is -2.25. The van der Waals surface area contributed by atoms with Crippen LogP contribution in [0.1, 0.15) is 74.2 Å². The Labute approximate surface area is 354 Å². The molecule has 16 heteroatoms. The number of aliphatic hydroxyl groups excluding tert-OH is 1. The van der Waals surface area contributed by atoms with Crippen molar-refractivity contribution in [2.75, 3.05) is 26.2 Å². The van der Waals surface area contributed by atoms with Gasteiger partial charge in [0, 0.05) is 60.2 Å². The Morgan fingerprint density at radius 2 is 1.79 bits per heavy atom. The minimum atomic E-state index is -1.06. The molecule has 61 heavy (non-hydrogen) atoms. The minimum absolute atomic E-state index is 0.0578. The second kappa shape index (κ2) is 16.4. The Kier molecular flexibility index (Phi) is 10.9. The van der Waals surface area contributed by atoms with E-state index in [2.05, 4.69) is 35.5 Å². The number of nitrogens with one attached hydrogen (secondary N) is 2. The average molecular weight is 852 g/mol. The van der Waals surface area contributed by atoms with E-state index in [1.54, 1.807) is 23.5 Å². The standard InChI is InChI=1S/C45H47F2N7O6S/c1-21(2)39(42(57)29-15-28(55)16-30(29)45(58)49-22(3)24-5-7-25(8-6-24)43-23(4)48-20-61-43)37-17-38(53-60-37)59-10-9-54-18-32-33(19-54)40(32)36-12-26-11-35(51-52-44(26)50-36)31-13-27(46)14-34(47)41(31)56/h5-8,11-14,17,20-22,28-30,32-33,39-40,55-56H,9-10,15-16,18-19H2,1-4H3,(H,49,58)(H,50,52)/t22-,28-,29?,30+,32-,33+,39+,40?/m0/s1. The molecule has 2 aliphatic carbocycles. The normalized spacial score (nSPS) is 23.3. The summed E-state index contributed by atoms with van der Waals surface area (Å²) in [6, 6.07) is 14.7. The number of aromatic nitrogens is 5. The van der Waals surface area contributed by atoms with Crippen molar-refractivity contribution in [2.24, 2.45) is 29.6 Å². The van der Waals surface area contributed by atoms with Crippen LogP contribution in [0.25, 0.3) is 32.7 Å². The van der Waals surface area contributed by atoms with E-state index >= 15 is 0 Å². The number of fused-ring (bicyclic) bond motifs is 2. The molecule has 1 saturated heterocycles. The van der Waals surface area contributed by atoms with Gasteiger partial charge >= 0.3 is 0 Å². The molecule has 3 fully saturated rings. The van der Waals surface area contributed by atoms with E-state index in [1.165, 1.54) is 0 Å². The number of halogens is 2. The highest BCUT2D eigenvalue weighted by Crippen LogP contribution is 2.58. The van der Waals surface area contributed by atoms with Crippen molar-refractivity contribution >= 4 is 34.1 Å². The molecule has 13 nitrogen and oxygen atoms in total. The smallest absolute Gasteiger partial charge is 0.254 e. The third-order valence-corrected chi connectivity index (χ3v) is 13.8. The quantitative estimate of drug-likeness (QED) is 0.0863. The third-order valence-electron chi connectivity index (χ3n) is 12.8. The number of ether oxygens (including phenoxy) is 1. The predicted molar refractivity (Wildman–Crippen MR) is 223 cm³/mol. The molecule has 8 atom stereocenters. The minimum Gasteiger partial charge on any atom is -0.504 e. The molecule has 2 aromatic carbocycles. The van der Waals surface area contributed by atoms with Gasteiger partial charge in [-0.15, -0.1) is 21.5 Å². The van der Waals surface area contributed by atoms with Crippen LogP contribution >= 0.6 is 11.3 Å². The van der Waals surface area contributed by atoms with E-state index in [4.69, 9.17) is 9.26 Å². The number of likely N-dealkylation sites (tertiary alicyclic amines) is 1. The first-order valence-electron chi connectivity index (χ1n) is 20.7. The third kappa shape index (κ3) is 8.04. The Bertz CT molecular complexity index is 2580. The van der Waals surface area contributed by atoms with Gasteiger partial charge in [-0.3, -0.25) is 14.5 Å². The van der Waals surface area contributed by atoms with Gasteiger partial charge in [0.05, 0.1) is 45.8 Å². The first kappa shape index (κ1) is 40.8. The number of aromatic hydroxyl groups is 1. The number of thiazole rings is 1. The summed E-state index contributed by atoms with van der Waals surface area (Å²) in [6.45, 7) is 10.6. The number of hydrogen-bond acceptors (Lipinski definition) is 12. The van der Waals surface area contributed by atoms with Crippen molar-refractivity contribution in [3.8, 4) is 33.3 Å². The molecule has 6 aromatic rings. The monoisotopic (exact) mass is 851 g/mol. The summed E-state index contributed by atoms with van der Waals surface area (Å²) in [5, 5.41) is 37.1. The molecular weight excluding hydrogens is 805 g/mol. The highest BCUT2D eigenvalue weighted by molar-refractivity contribution is 7.13. The number of aromatic amines is 1. The van der Waals surface area contributed by atoms with Gasteiger partial charge < -0.3 is 29.8 Å². The molecule has 4 aromatic heterocycles. The second-order valence-electron chi connectivity index (χ2n) is 17.2. The SMILES string of the molecule is Cc1ncsc1-c1ccc([C@H](C)NC(=O)[C@@H]2C[C@@H](O)CC2C(=O)[C@@H](c2cc(OCCN3C[C@@H]4C(c5cc6cc(-c7cc(F)cc(F)c7O)nnc6[nH]5)[C@@H]4C3)no2)C(C)C)cc1. The number of hydrogen-bond donors (Lipinski definition) is 4. The predicted octanol–water partition coefficient (Wildman–Crippen LogP) is 7.33. The van der Waals surface area contributed by atoms with Crippen LogP contribution in [0, 0.1) is 48.1 Å². The number of phenols is 1. The van der Waals surface area contributed by atoms with E-state index in [0.717, 1.165) is 51.9 Å². The fraction of sp³-hybridized carbons (Fsp3) is 0.422. The molecule has 0 radical (unpaired) electrons. The van der Waals surface area contributed by atoms with Crippen molar-refractivity contribution in [3.63, 3.8) is 0 Å². The van der Waals surface area contributed by atoms with Crippen molar-refractivity contribution in [2.45, 2.75) is 64.5 Å². The Hall–Kier alpha value is -5.58. The highest BCUT2D eigenvalue weighted by Gasteiger charge is 2.56. The molecule has 0 bridgehead atoms. The van der Waals surface area contributed by atoms with E-state index in [0.29, 0.717) is 48.4 Å². The van der Waals surface area contributed by atoms with Crippen molar-refractivity contribution in [1.29, 1.82) is 0 Å². The largest absolute Gasteiger partial charge is 0.504 e. The summed E-state index contributed by atoms with van der Waals surface area (Å²) in [7, 11) is 0. The highest BCUT2D eigenvalue weighted by atomic mass is 32.1. The van der Waals surface area contributed by atoms with Gasteiger partial charge in [-0.2, -0.15) is 0 Å². The molecular formula is C45H47F2N7O6S. The summed E-state index contributed by atoms with van der Waals surface area (Å²) in [5.74, 6) is -3.25. The van der Waals surface area contributed by atoms with Gasteiger partial charge in [-0.1, -0.05) is 38.1 Å². The van der Waals surface area contributed by atoms with Crippen LogP contribution in [-0.4, -0.2) is 84.5 Å². The first-order chi connectivity index (χ1) is 29.3. The number of aliphatic hydroxyl groups is 1. The zero-order valence-corrected chi connectivity index (χ0v) is 35.0. The lowest BCUT2D eigenvalue weighted by molar-refractivity contribution is -0.134. The Morgan fingerprint density at radius 3 is 2.51 bits per heavy atom. The topological polar surface area (TPSA) is 180 Å². The van der Waals surface area contributed by atoms with Gasteiger partial charge in [-0.25, -0.2) is 13.8 Å². The van der Waals surface area contributed by atoms with E-state index in [-0.39, 0.29) is 53.6 Å². The molecule has 4 N–H and O–H groups in total. The number of piperidine rings is 1. The fourth-order valence-electron chi connectivity index (χ4n) is 9.60. The number of phenolic OH excluding ortho intramolecular Hbond substituents is 1. The van der Waals surface area contributed by atoms with Crippen LogP contribution < -0.4 is 10.1 Å². The van der Waals surface area contributed by atoms with E-state index in [1.807, 2.05) is 63.5 Å². The van der Waals surface area contributed by atoms with Gasteiger partial charge in [0.1, 0.15) is 18.2 Å². The molecule has 0 spiro atoms. The summed E-state index contributed by atoms with van der Waals surface area (Å²) in [4.78, 5) is 39.1. The lowest BCUT2D eigenvalue weighted by Crippen LogP contribution is -2.38. The van der Waals surface area contributed by atoms with Crippen LogP contribution in [0.3, 0.4) is 0 Å². The zero-order valence-electron chi connectivity index (χ0n) is 34.1. The average Bonchev–Trinajstić information content (AvgIpc) is 3.92. The fourth-order valence-corrected chi connectivity index (χ4v) is 10.4. The number of carbonyl (C=O) groups excluding carboxylic acids is 2. The number of aryl methyl sites for hydroxylation is 1. The summed E-state index contributed by atoms with van der Waals surface area (Å²) in [5.41, 5.74) is 6.52. The number of Topliss-reactive ketones (excluding diaryl/α,β-unsaturated/α-hetero) is 1. The first-order valence-corrected chi connectivity index (χ1v) is 21.6. The molecule has 5 heterocycles. The number of ketones is 1. The number of H-pyrrole nitrogens is 1. The summed E-state index contributed by atoms with van der Waals surface area (Å²) in [6.07, 6.45) is -0.358. The number of rotatable bonds is 14. The lowest BCUT2D eigenvalue weighted by atomic mass is 9.79. The molecule has 2 unspecified atom stereocenters. The number of amides is 1. The van der Waals surface area contributed by atoms with Gasteiger partial charge in [0.2, 0.25) is 5.91 Å². The second-order valence-corrected chi connectivity index (χ2v) is 18.0. The van der Waals surface area contributed by atoms with Crippen LogP contribution in [-0.2, 0) is 9.59 Å².